The van der Waals surface area contributed by atoms with Crippen molar-refractivity contribution in [2.24, 2.45) is 11.3 Å². The van der Waals surface area contributed by atoms with E-state index in [1.54, 1.807) is 0 Å². The van der Waals surface area contributed by atoms with E-state index in [9.17, 15) is 0 Å². The normalized spacial score (nSPS) is 34.9. The van der Waals surface area contributed by atoms with Gasteiger partial charge < -0.3 is 9.80 Å². The van der Waals surface area contributed by atoms with E-state index in [-0.39, 0.29) is 0 Å². The summed E-state index contributed by atoms with van der Waals surface area (Å²) in [5, 5.41) is 0. The molecule has 1 aliphatic carbocycles. The van der Waals surface area contributed by atoms with E-state index in [0.717, 1.165) is 12.0 Å². The topological polar surface area (TPSA) is 6.48 Å². The van der Waals surface area contributed by atoms with Crippen LogP contribution in [0.3, 0.4) is 0 Å². The van der Waals surface area contributed by atoms with Crippen molar-refractivity contribution in [1.82, 2.24) is 9.80 Å². The van der Waals surface area contributed by atoms with Gasteiger partial charge in [0.25, 0.3) is 0 Å². The Kier molecular flexibility index (Phi) is 4.19. The Morgan fingerprint density at radius 2 is 1.74 bits per heavy atom. The number of likely N-dealkylation sites (tertiary alicyclic amines) is 2. The van der Waals surface area contributed by atoms with Gasteiger partial charge in [0.15, 0.2) is 0 Å². The summed E-state index contributed by atoms with van der Waals surface area (Å²) < 4.78 is 0. The molecule has 1 atom stereocenters. The van der Waals surface area contributed by atoms with E-state index < -0.39 is 0 Å². The van der Waals surface area contributed by atoms with Crippen LogP contribution in [0.4, 0.5) is 0 Å². The number of hydrogen-bond acceptors (Lipinski definition) is 2. The minimum atomic E-state index is 0.666. The Morgan fingerprint density at radius 3 is 2.42 bits per heavy atom. The fourth-order valence-electron chi connectivity index (χ4n) is 4.66. The Bertz CT molecular complexity index is 296. The van der Waals surface area contributed by atoms with Gasteiger partial charge in [-0.1, -0.05) is 19.3 Å². The molecule has 0 radical (unpaired) electrons. The van der Waals surface area contributed by atoms with Crippen LogP contribution in [0, 0.1) is 11.3 Å². The van der Waals surface area contributed by atoms with Crippen molar-refractivity contribution in [3.8, 4) is 0 Å². The molecular formula is C17H32N2. The summed E-state index contributed by atoms with van der Waals surface area (Å²) in [4.78, 5) is 5.50. The van der Waals surface area contributed by atoms with Crippen molar-refractivity contribution in [1.29, 1.82) is 0 Å². The SMILES string of the molecule is CC(C)N1CCC2(CCN(CC3CCCCC3)C2)C1. The van der Waals surface area contributed by atoms with Crippen molar-refractivity contribution in [3.05, 3.63) is 0 Å². The lowest BCUT2D eigenvalue weighted by Crippen LogP contribution is -2.35. The van der Waals surface area contributed by atoms with Crippen LogP contribution in [0.5, 0.6) is 0 Å². The molecule has 0 bridgehead atoms. The van der Waals surface area contributed by atoms with Gasteiger partial charge in [-0.3, -0.25) is 0 Å². The van der Waals surface area contributed by atoms with Gasteiger partial charge >= 0.3 is 0 Å². The van der Waals surface area contributed by atoms with Crippen LogP contribution in [-0.2, 0) is 0 Å². The average molecular weight is 264 g/mol. The van der Waals surface area contributed by atoms with E-state index in [4.69, 9.17) is 0 Å². The number of hydrogen-bond donors (Lipinski definition) is 0. The molecule has 2 heteroatoms. The predicted octanol–water partition coefficient (Wildman–Crippen LogP) is 3.37. The molecule has 3 fully saturated rings. The summed E-state index contributed by atoms with van der Waals surface area (Å²) in [7, 11) is 0. The third-order valence-electron chi connectivity index (χ3n) is 5.96. The van der Waals surface area contributed by atoms with E-state index in [1.165, 1.54) is 77.7 Å². The molecule has 0 amide bonds. The standard InChI is InChI=1S/C17H32N2/c1-15(2)19-11-9-17(14-19)8-10-18(13-17)12-16-6-4-3-5-7-16/h15-16H,3-14H2,1-2H3. The molecule has 2 aliphatic heterocycles. The Morgan fingerprint density at radius 1 is 1.00 bits per heavy atom. The first-order valence-electron chi connectivity index (χ1n) is 8.63. The second-order valence-corrected chi connectivity index (χ2v) is 7.80. The molecule has 2 saturated heterocycles. The maximum Gasteiger partial charge on any atom is 0.00539 e. The van der Waals surface area contributed by atoms with Gasteiger partial charge in [0.2, 0.25) is 0 Å². The Balaban J connectivity index is 1.50. The molecule has 0 aromatic carbocycles. The highest BCUT2D eigenvalue weighted by Gasteiger charge is 2.43. The molecule has 3 aliphatic rings. The lowest BCUT2D eigenvalue weighted by Gasteiger charge is -2.29. The first-order chi connectivity index (χ1) is 9.17. The molecule has 2 heterocycles. The lowest BCUT2D eigenvalue weighted by atomic mass is 9.86. The summed E-state index contributed by atoms with van der Waals surface area (Å²) >= 11 is 0. The lowest BCUT2D eigenvalue weighted by molar-refractivity contribution is 0.193. The second-order valence-electron chi connectivity index (χ2n) is 7.80. The quantitative estimate of drug-likeness (QED) is 0.771. The second kappa shape index (κ2) is 5.73. The van der Waals surface area contributed by atoms with Crippen molar-refractivity contribution >= 4 is 0 Å². The molecule has 3 rings (SSSR count). The zero-order chi connectivity index (χ0) is 13.3. The van der Waals surface area contributed by atoms with Crippen LogP contribution in [0.15, 0.2) is 0 Å². The first-order valence-corrected chi connectivity index (χ1v) is 8.63. The highest BCUT2D eigenvalue weighted by Crippen LogP contribution is 2.40. The van der Waals surface area contributed by atoms with Gasteiger partial charge in [-0.15, -0.1) is 0 Å². The van der Waals surface area contributed by atoms with E-state index >= 15 is 0 Å². The summed E-state index contributed by atoms with van der Waals surface area (Å²) in [6.45, 7) is 11.6. The maximum atomic E-state index is 2.81. The molecule has 2 nitrogen and oxygen atoms in total. The minimum absolute atomic E-state index is 0.666. The fraction of sp³-hybridized carbons (Fsp3) is 1.00. The summed E-state index contributed by atoms with van der Waals surface area (Å²) in [6.07, 6.45) is 10.4. The Hall–Kier alpha value is -0.0800. The largest absolute Gasteiger partial charge is 0.302 e. The van der Waals surface area contributed by atoms with Crippen molar-refractivity contribution in [2.75, 3.05) is 32.7 Å². The highest BCUT2D eigenvalue weighted by molar-refractivity contribution is 4.98. The van der Waals surface area contributed by atoms with E-state index in [1.807, 2.05) is 0 Å². The van der Waals surface area contributed by atoms with Crippen LogP contribution in [0.25, 0.3) is 0 Å². The molecular weight excluding hydrogens is 232 g/mol. The summed E-state index contributed by atoms with van der Waals surface area (Å²) in [6, 6.07) is 0.742. The van der Waals surface area contributed by atoms with Gasteiger partial charge in [0, 0.05) is 25.7 Å². The van der Waals surface area contributed by atoms with Crippen LogP contribution in [0.2, 0.25) is 0 Å². The minimum Gasteiger partial charge on any atom is -0.302 e. The van der Waals surface area contributed by atoms with Crippen LogP contribution in [-0.4, -0.2) is 48.6 Å². The average Bonchev–Trinajstić information content (AvgIpc) is 2.99. The van der Waals surface area contributed by atoms with Crippen LogP contribution >= 0.6 is 0 Å². The van der Waals surface area contributed by atoms with Crippen molar-refractivity contribution in [2.45, 2.75) is 64.8 Å². The third kappa shape index (κ3) is 3.16. The van der Waals surface area contributed by atoms with E-state index in [2.05, 4.69) is 23.6 Å². The smallest absolute Gasteiger partial charge is 0.00539 e. The molecule has 0 aromatic rings. The fourth-order valence-corrected chi connectivity index (χ4v) is 4.66. The van der Waals surface area contributed by atoms with Gasteiger partial charge in [-0.2, -0.15) is 0 Å². The van der Waals surface area contributed by atoms with Crippen LogP contribution < -0.4 is 0 Å². The Labute approximate surface area is 119 Å². The zero-order valence-corrected chi connectivity index (χ0v) is 13.0. The molecule has 1 unspecified atom stereocenters. The zero-order valence-electron chi connectivity index (χ0n) is 13.0. The molecule has 1 saturated carbocycles. The third-order valence-corrected chi connectivity index (χ3v) is 5.96. The molecule has 1 spiro atoms. The maximum absolute atomic E-state index is 2.81. The monoisotopic (exact) mass is 264 g/mol. The van der Waals surface area contributed by atoms with E-state index in [0.29, 0.717) is 5.41 Å². The van der Waals surface area contributed by atoms with Crippen molar-refractivity contribution < 1.29 is 0 Å². The van der Waals surface area contributed by atoms with Crippen molar-refractivity contribution in [3.63, 3.8) is 0 Å². The molecule has 0 aromatic heterocycles. The summed E-state index contributed by atoms with van der Waals surface area (Å²) in [5.41, 5.74) is 0.666. The predicted molar refractivity (Wildman–Crippen MR) is 81.4 cm³/mol. The molecule has 0 N–H and O–H groups in total. The van der Waals surface area contributed by atoms with Crippen LogP contribution in [0.1, 0.15) is 58.8 Å². The van der Waals surface area contributed by atoms with Gasteiger partial charge in [0.1, 0.15) is 0 Å². The number of rotatable bonds is 3. The van der Waals surface area contributed by atoms with Gasteiger partial charge in [-0.25, -0.2) is 0 Å². The molecule has 110 valence electrons. The van der Waals surface area contributed by atoms with Gasteiger partial charge in [0.05, 0.1) is 0 Å². The first kappa shape index (κ1) is 13.9. The highest BCUT2D eigenvalue weighted by atomic mass is 15.2. The number of nitrogens with zero attached hydrogens (tertiary/aromatic N) is 2. The summed E-state index contributed by atoms with van der Waals surface area (Å²) in [5.74, 6) is 1.02. The molecule has 19 heavy (non-hydrogen) atoms. The van der Waals surface area contributed by atoms with Gasteiger partial charge in [-0.05, 0) is 64.0 Å².